The highest BCUT2D eigenvalue weighted by molar-refractivity contribution is 5.49. The first-order valence-corrected chi connectivity index (χ1v) is 7.18. The summed E-state index contributed by atoms with van der Waals surface area (Å²) in [7, 11) is 1.82. The van der Waals surface area contributed by atoms with Crippen molar-refractivity contribution in [3.63, 3.8) is 0 Å². The molecule has 1 rings (SSSR count). The van der Waals surface area contributed by atoms with Gasteiger partial charge in [0.2, 0.25) is 5.92 Å². The van der Waals surface area contributed by atoms with E-state index in [2.05, 4.69) is 5.32 Å². The van der Waals surface area contributed by atoms with Crippen LogP contribution >= 0.6 is 0 Å². The van der Waals surface area contributed by atoms with Crippen molar-refractivity contribution in [1.29, 1.82) is 0 Å². The maximum atomic E-state index is 12.5. The van der Waals surface area contributed by atoms with Gasteiger partial charge in [-0.25, -0.2) is 13.2 Å². The summed E-state index contributed by atoms with van der Waals surface area (Å²) in [6.07, 6.45) is 0.575. The van der Waals surface area contributed by atoms with Crippen molar-refractivity contribution in [2.24, 2.45) is 0 Å². The van der Waals surface area contributed by atoms with E-state index in [0.717, 1.165) is 11.3 Å². The van der Waals surface area contributed by atoms with Gasteiger partial charge >= 0.3 is 0 Å². The minimum Gasteiger partial charge on any atom is -0.388 e. The Morgan fingerprint density at radius 2 is 1.70 bits per heavy atom. The van der Waals surface area contributed by atoms with Gasteiger partial charge in [-0.15, -0.1) is 0 Å². The summed E-state index contributed by atoms with van der Waals surface area (Å²) in [5.74, 6) is -2.59. The number of anilines is 1. The Morgan fingerprint density at radius 3 is 2.00 bits per heavy atom. The molecule has 1 aromatic rings. The van der Waals surface area contributed by atoms with Crippen LogP contribution in [0.3, 0.4) is 0 Å². The van der Waals surface area contributed by atoms with Crippen molar-refractivity contribution >= 4 is 5.69 Å². The number of nitrogens with one attached hydrogen (secondary N) is 1. The second-order valence-corrected chi connectivity index (χ2v) is 4.17. The summed E-state index contributed by atoms with van der Waals surface area (Å²) in [5, 5.41) is 2.96. The molecule has 0 unspecified atom stereocenters. The number of benzene rings is 1. The number of alkyl halides is 2. The van der Waals surface area contributed by atoms with Crippen LogP contribution in [0, 0.1) is 12.7 Å². The van der Waals surface area contributed by atoms with Gasteiger partial charge in [0.25, 0.3) is 0 Å². The van der Waals surface area contributed by atoms with Crippen LogP contribution in [0.4, 0.5) is 18.9 Å². The van der Waals surface area contributed by atoms with E-state index in [0.29, 0.717) is 6.42 Å². The summed E-state index contributed by atoms with van der Waals surface area (Å²) in [6.45, 7) is 9.15. The molecule has 0 atom stereocenters. The summed E-state index contributed by atoms with van der Waals surface area (Å²) in [4.78, 5) is 0. The molecule has 0 saturated carbocycles. The molecule has 1 aromatic carbocycles. The molecular formula is C16H28F3N. The normalized spacial score (nSPS) is 9.85. The predicted molar refractivity (Wildman–Crippen MR) is 82.2 cm³/mol. The van der Waals surface area contributed by atoms with E-state index in [4.69, 9.17) is 0 Å². The van der Waals surface area contributed by atoms with Crippen LogP contribution in [0.5, 0.6) is 0 Å². The molecule has 1 nitrogen and oxygen atoms in total. The monoisotopic (exact) mass is 291 g/mol. The fourth-order valence-corrected chi connectivity index (χ4v) is 1.45. The van der Waals surface area contributed by atoms with Crippen molar-refractivity contribution in [1.82, 2.24) is 0 Å². The van der Waals surface area contributed by atoms with Gasteiger partial charge in [0.1, 0.15) is 5.82 Å². The predicted octanol–water partition coefficient (Wildman–Crippen LogP) is 6.03. The van der Waals surface area contributed by atoms with E-state index in [-0.39, 0.29) is 18.7 Å². The average Bonchev–Trinajstić information content (AvgIpc) is 2.42. The van der Waals surface area contributed by atoms with E-state index in [1.807, 2.05) is 27.8 Å². The lowest BCUT2D eigenvalue weighted by Crippen LogP contribution is -2.12. The average molecular weight is 291 g/mol. The van der Waals surface area contributed by atoms with Gasteiger partial charge in [-0.3, -0.25) is 0 Å². The van der Waals surface area contributed by atoms with Gasteiger partial charge in [0, 0.05) is 25.6 Å². The minimum atomic E-state index is -2.41. The standard InChI is InChI=1S/C8H10FN.C6H12F2.C2H6/c1-6-5-7(9)3-4-8(6)10-2;1-3-5-6(7,8)4-2;1-2/h3-5,10H,1-2H3;3-5H2,1-2H3;1-2H3. The number of halogens is 3. The third-order valence-electron chi connectivity index (χ3n) is 2.59. The van der Waals surface area contributed by atoms with Gasteiger partial charge in [-0.2, -0.15) is 0 Å². The Morgan fingerprint density at radius 1 is 1.15 bits per heavy atom. The zero-order valence-electron chi connectivity index (χ0n) is 13.5. The van der Waals surface area contributed by atoms with Crippen LogP contribution in [0.2, 0.25) is 0 Å². The molecule has 0 aromatic heterocycles. The van der Waals surface area contributed by atoms with Crippen LogP contribution in [-0.4, -0.2) is 13.0 Å². The zero-order valence-corrected chi connectivity index (χ0v) is 13.5. The van der Waals surface area contributed by atoms with Crippen LogP contribution < -0.4 is 5.32 Å². The largest absolute Gasteiger partial charge is 0.388 e. The lowest BCUT2D eigenvalue weighted by atomic mass is 10.1. The molecule has 0 fully saturated rings. The summed E-state index contributed by atoms with van der Waals surface area (Å²) in [5.41, 5.74) is 1.91. The van der Waals surface area contributed by atoms with E-state index in [1.54, 1.807) is 13.0 Å². The first kappa shape index (κ1) is 21.1. The molecule has 0 bridgehead atoms. The van der Waals surface area contributed by atoms with Crippen molar-refractivity contribution in [3.8, 4) is 0 Å². The van der Waals surface area contributed by atoms with E-state index >= 15 is 0 Å². The van der Waals surface area contributed by atoms with Crippen LogP contribution in [0.1, 0.15) is 52.5 Å². The van der Waals surface area contributed by atoms with Gasteiger partial charge < -0.3 is 5.32 Å². The molecule has 4 heteroatoms. The van der Waals surface area contributed by atoms with E-state index < -0.39 is 5.92 Å². The molecule has 118 valence electrons. The molecule has 0 heterocycles. The number of hydrogen-bond donors (Lipinski definition) is 1. The molecule has 0 aliphatic heterocycles. The fourth-order valence-electron chi connectivity index (χ4n) is 1.45. The molecule has 0 aliphatic carbocycles. The SMILES string of the molecule is CC.CCCC(F)(F)CC.CNc1ccc(F)cc1C. The Hall–Kier alpha value is -1.19. The Bertz CT molecular complexity index is 352. The summed E-state index contributed by atoms with van der Waals surface area (Å²) < 4.78 is 36.8. The van der Waals surface area contributed by atoms with Gasteiger partial charge in [-0.1, -0.05) is 34.1 Å². The topological polar surface area (TPSA) is 12.0 Å². The van der Waals surface area contributed by atoms with Gasteiger partial charge in [0.15, 0.2) is 0 Å². The molecular weight excluding hydrogens is 263 g/mol. The minimum absolute atomic E-state index is 0.0269. The quantitative estimate of drug-likeness (QED) is 0.713. The van der Waals surface area contributed by atoms with E-state index in [9.17, 15) is 13.2 Å². The second-order valence-electron chi connectivity index (χ2n) is 4.17. The third-order valence-corrected chi connectivity index (χ3v) is 2.59. The zero-order chi connectivity index (χ0) is 16.2. The third kappa shape index (κ3) is 9.70. The Balaban J connectivity index is 0. The van der Waals surface area contributed by atoms with Crippen molar-refractivity contribution in [2.45, 2.75) is 59.8 Å². The summed E-state index contributed by atoms with van der Waals surface area (Å²) >= 11 is 0. The van der Waals surface area contributed by atoms with E-state index in [1.165, 1.54) is 19.1 Å². The Kier molecular flexibility index (Phi) is 12.3. The fraction of sp³-hybridized carbons (Fsp3) is 0.625. The van der Waals surface area contributed by atoms with Gasteiger partial charge in [-0.05, 0) is 30.7 Å². The maximum absolute atomic E-state index is 12.5. The molecule has 0 amide bonds. The number of hydrogen-bond acceptors (Lipinski definition) is 1. The van der Waals surface area contributed by atoms with Crippen LogP contribution in [0.25, 0.3) is 0 Å². The highest BCUT2D eigenvalue weighted by Crippen LogP contribution is 2.23. The van der Waals surface area contributed by atoms with Crippen LogP contribution in [-0.2, 0) is 0 Å². The highest BCUT2D eigenvalue weighted by atomic mass is 19.3. The molecule has 0 spiro atoms. The smallest absolute Gasteiger partial charge is 0.247 e. The van der Waals surface area contributed by atoms with Crippen molar-refractivity contribution < 1.29 is 13.2 Å². The van der Waals surface area contributed by atoms with Crippen molar-refractivity contribution in [2.75, 3.05) is 12.4 Å². The summed E-state index contributed by atoms with van der Waals surface area (Å²) in [6, 6.07) is 4.68. The lowest BCUT2D eigenvalue weighted by molar-refractivity contribution is -0.0119. The Labute approximate surface area is 121 Å². The molecule has 0 saturated heterocycles. The second kappa shape index (κ2) is 11.6. The number of aryl methyl sites for hydroxylation is 1. The molecule has 0 aliphatic rings. The lowest BCUT2D eigenvalue weighted by Gasteiger charge is -2.10. The molecule has 0 radical (unpaired) electrons. The first-order chi connectivity index (χ1) is 9.36. The number of rotatable bonds is 4. The van der Waals surface area contributed by atoms with Gasteiger partial charge in [0.05, 0.1) is 0 Å². The van der Waals surface area contributed by atoms with Crippen LogP contribution in [0.15, 0.2) is 18.2 Å². The molecule has 20 heavy (non-hydrogen) atoms. The van der Waals surface area contributed by atoms with Crippen molar-refractivity contribution in [3.05, 3.63) is 29.6 Å². The maximum Gasteiger partial charge on any atom is 0.247 e. The highest BCUT2D eigenvalue weighted by Gasteiger charge is 2.23. The first-order valence-electron chi connectivity index (χ1n) is 7.18. The molecule has 1 N–H and O–H groups in total.